The zero-order valence-corrected chi connectivity index (χ0v) is 15.1. The van der Waals surface area contributed by atoms with Crippen molar-refractivity contribution in [2.75, 3.05) is 0 Å². The smallest absolute Gasteiger partial charge is 0.329 e. The Labute approximate surface area is 149 Å². The van der Waals surface area contributed by atoms with Crippen LogP contribution in [-0.4, -0.2) is 37.6 Å². The molecule has 3 N–H and O–H groups in total. The van der Waals surface area contributed by atoms with E-state index < -0.39 is 29.2 Å². The van der Waals surface area contributed by atoms with E-state index in [1.54, 1.807) is 13.8 Å². The molecule has 0 aliphatic heterocycles. The molecule has 0 bridgehead atoms. The standard InChI is InChI=1S/C17H22N4O5/c1-5-10(16(24)25)19-14(22)9-7-11(8(3)4)18-13-12(9)15(23)20-17(26)21(13)6-2/h7-8,10H,5-6H2,1-4H3,(H,19,22)(H,24,25)(H,20,23,26). The molecule has 0 aliphatic rings. The van der Waals surface area contributed by atoms with Crippen molar-refractivity contribution in [3.05, 3.63) is 38.2 Å². The van der Waals surface area contributed by atoms with Gasteiger partial charge in [-0.2, -0.15) is 0 Å². The summed E-state index contributed by atoms with van der Waals surface area (Å²) in [6.45, 7) is 7.34. The Bertz CT molecular complexity index is 974. The van der Waals surface area contributed by atoms with E-state index in [1.807, 2.05) is 13.8 Å². The van der Waals surface area contributed by atoms with Crippen LogP contribution in [0.25, 0.3) is 11.0 Å². The van der Waals surface area contributed by atoms with Crippen LogP contribution in [0.4, 0.5) is 0 Å². The SMILES string of the molecule is CCC(NC(=O)c1cc(C(C)C)nc2c1c(=O)[nH]c(=O)n2CC)C(=O)O. The van der Waals surface area contributed by atoms with Gasteiger partial charge in [-0.25, -0.2) is 14.6 Å². The first kappa shape index (κ1) is 19.4. The Balaban J connectivity index is 2.79. The maximum atomic E-state index is 12.7. The fourth-order valence-electron chi connectivity index (χ4n) is 2.64. The first-order valence-electron chi connectivity index (χ1n) is 8.42. The van der Waals surface area contributed by atoms with Gasteiger partial charge in [0.15, 0.2) is 5.65 Å². The molecule has 9 nitrogen and oxygen atoms in total. The molecule has 140 valence electrons. The lowest BCUT2D eigenvalue weighted by Gasteiger charge is -2.16. The highest BCUT2D eigenvalue weighted by atomic mass is 16.4. The van der Waals surface area contributed by atoms with Crippen molar-refractivity contribution in [3.8, 4) is 0 Å². The number of H-pyrrole nitrogens is 1. The van der Waals surface area contributed by atoms with Crippen molar-refractivity contribution in [2.45, 2.75) is 52.6 Å². The maximum absolute atomic E-state index is 12.7. The van der Waals surface area contributed by atoms with Crippen LogP contribution >= 0.6 is 0 Å². The number of hydrogen-bond donors (Lipinski definition) is 3. The Hall–Kier alpha value is -2.97. The molecule has 0 spiro atoms. The number of aryl methyl sites for hydroxylation is 1. The first-order valence-corrected chi connectivity index (χ1v) is 8.42. The number of carboxylic acids is 1. The van der Waals surface area contributed by atoms with Crippen LogP contribution in [-0.2, 0) is 11.3 Å². The van der Waals surface area contributed by atoms with Crippen LogP contribution in [0.1, 0.15) is 56.1 Å². The molecule has 1 atom stereocenters. The summed E-state index contributed by atoms with van der Waals surface area (Å²) in [6, 6.07) is 0.390. The molecule has 26 heavy (non-hydrogen) atoms. The molecule has 2 aromatic heterocycles. The fraction of sp³-hybridized carbons (Fsp3) is 0.471. The van der Waals surface area contributed by atoms with Gasteiger partial charge >= 0.3 is 11.7 Å². The molecule has 0 fully saturated rings. The van der Waals surface area contributed by atoms with Gasteiger partial charge in [-0.3, -0.25) is 19.1 Å². The van der Waals surface area contributed by atoms with E-state index >= 15 is 0 Å². The minimum atomic E-state index is -1.16. The summed E-state index contributed by atoms with van der Waals surface area (Å²) in [7, 11) is 0. The third-order valence-electron chi connectivity index (χ3n) is 4.13. The average molecular weight is 362 g/mol. The number of aromatic nitrogens is 3. The number of amides is 1. The van der Waals surface area contributed by atoms with Crippen molar-refractivity contribution in [1.29, 1.82) is 0 Å². The molecule has 0 aromatic carbocycles. The lowest BCUT2D eigenvalue weighted by Crippen LogP contribution is -2.41. The summed E-state index contributed by atoms with van der Waals surface area (Å²) < 4.78 is 1.27. The van der Waals surface area contributed by atoms with Gasteiger partial charge in [-0.05, 0) is 25.3 Å². The first-order chi connectivity index (χ1) is 12.2. The Morgan fingerprint density at radius 3 is 2.46 bits per heavy atom. The van der Waals surface area contributed by atoms with Gasteiger partial charge in [0.25, 0.3) is 11.5 Å². The number of aromatic amines is 1. The van der Waals surface area contributed by atoms with Crippen molar-refractivity contribution in [2.24, 2.45) is 0 Å². The molecule has 9 heteroatoms. The Kier molecular flexibility index (Phi) is 5.59. The van der Waals surface area contributed by atoms with E-state index in [0.717, 1.165) is 0 Å². The van der Waals surface area contributed by atoms with Crippen LogP contribution < -0.4 is 16.6 Å². The van der Waals surface area contributed by atoms with E-state index in [9.17, 15) is 19.2 Å². The van der Waals surface area contributed by atoms with Gasteiger partial charge in [0, 0.05) is 12.2 Å². The normalized spacial score (nSPS) is 12.3. The number of carbonyl (C=O) groups is 2. The van der Waals surface area contributed by atoms with Crippen LogP contribution in [0.5, 0.6) is 0 Å². The summed E-state index contributed by atoms with van der Waals surface area (Å²) in [5.41, 5.74) is -0.700. The molecule has 2 aromatic rings. The number of nitrogens with zero attached hydrogens (tertiary/aromatic N) is 2. The molecule has 2 rings (SSSR count). The van der Waals surface area contributed by atoms with Gasteiger partial charge in [-0.1, -0.05) is 20.8 Å². The van der Waals surface area contributed by atoms with Gasteiger partial charge in [-0.15, -0.1) is 0 Å². The summed E-state index contributed by atoms with van der Waals surface area (Å²) in [5.74, 6) is -1.92. The van der Waals surface area contributed by atoms with Gasteiger partial charge in [0.2, 0.25) is 0 Å². The number of fused-ring (bicyclic) bond motifs is 1. The highest BCUT2D eigenvalue weighted by molar-refractivity contribution is 6.06. The average Bonchev–Trinajstić information content (AvgIpc) is 2.58. The van der Waals surface area contributed by atoms with Crippen molar-refractivity contribution < 1.29 is 14.7 Å². The summed E-state index contributed by atoms with van der Waals surface area (Å²) in [6.07, 6.45) is 0.192. The quantitative estimate of drug-likeness (QED) is 0.696. The molecule has 0 saturated carbocycles. The molecular weight excluding hydrogens is 340 g/mol. The predicted octanol–water partition coefficient (Wildman–Crippen LogP) is 0.821. The van der Waals surface area contributed by atoms with E-state index in [4.69, 9.17) is 5.11 Å². The number of carbonyl (C=O) groups excluding carboxylic acids is 1. The van der Waals surface area contributed by atoms with E-state index in [-0.39, 0.29) is 35.5 Å². The second-order valence-corrected chi connectivity index (χ2v) is 6.22. The fourth-order valence-corrected chi connectivity index (χ4v) is 2.64. The zero-order chi connectivity index (χ0) is 19.6. The maximum Gasteiger partial charge on any atom is 0.329 e. The number of carboxylic acid groups (broad SMARTS) is 1. The molecule has 1 unspecified atom stereocenters. The lowest BCUT2D eigenvalue weighted by atomic mass is 10.0. The molecular formula is C17H22N4O5. The monoisotopic (exact) mass is 362 g/mol. The third-order valence-corrected chi connectivity index (χ3v) is 4.13. The van der Waals surface area contributed by atoms with Crippen LogP contribution in [0.15, 0.2) is 15.7 Å². The topological polar surface area (TPSA) is 134 Å². The number of aliphatic carboxylic acids is 1. The van der Waals surface area contributed by atoms with Crippen LogP contribution in [0.3, 0.4) is 0 Å². The van der Waals surface area contributed by atoms with Gasteiger partial charge < -0.3 is 10.4 Å². The Morgan fingerprint density at radius 1 is 1.31 bits per heavy atom. The van der Waals surface area contributed by atoms with Crippen LogP contribution in [0, 0.1) is 0 Å². The van der Waals surface area contributed by atoms with Crippen molar-refractivity contribution >= 4 is 22.9 Å². The van der Waals surface area contributed by atoms with Crippen molar-refractivity contribution in [1.82, 2.24) is 19.9 Å². The molecule has 2 heterocycles. The largest absolute Gasteiger partial charge is 0.480 e. The van der Waals surface area contributed by atoms with E-state index in [0.29, 0.717) is 5.69 Å². The minimum Gasteiger partial charge on any atom is -0.480 e. The minimum absolute atomic E-state index is 0.00171. The second kappa shape index (κ2) is 7.51. The summed E-state index contributed by atoms with van der Waals surface area (Å²) in [4.78, 5) is 54.9. The highest BCUT2D eigenvalue weighted by Gasteiger charge is 2.23. The van der Waals surface area contributed by atoms with E-state index in [2.05, 4.69) is 15.3 Å². The molecule has 0 aliphatic carbocycles. The van der Waals surface area contributed by atoms with Crippen molar-refractivity contribution in [3.63, 3.8) is 0 Å². The molecule has 1 amide bonds. The van der Waals surface area contributed by atoms with Gasteiger partial charge in [0.1, 0.15) is 6.04 Å². The Morgan fingerprint density at radius 2 is 1.96 bits per heavy atom. The number of nitrogens with one attached hydrogen (secondary N) is 2. The third kappa shape index (κ3) is 3.51. The molecule has 0 saturated heterocycles. The second-order valence-electron chi connectivity index (χ2n) is 6.22. The number of hydrogen-bond acceptors (Lipinski definition) is 5. The highest BCUT2D eigenvalue weighted by Crippen LogP contribution is 2.20. The van der Waals surface area contributed by atoms with Crippen LogP contribution in [0.2, 0.25) is 0 Å². The summed E-state index contributed by atoms with van der Waals surface area (Å²) >= 11 is 0. The number of rotatable bonds is 6. The molecule has 0 radical (unpaired) electrons. The van der Waals surface area contributed by atoms with E-state index in [1.165, 1.54) is 10.6 Å². The predicted molar refractivity (Wildman–Crippen MR) is 95.6 cm³/mol. The van der Waals surface area contributed by atoms with Gasteiger partial charge in [0.05, 0.1) is 10.9 Å². The number of pyridine rings is 1. The summed E-state index contributed by atoms with van der Waals surface area (Å²) in [5, 5.41) is 11.5. The zero-order valence-electron chi connectivity index (χ0n) is 15.1. The lowest BCUT2D eigenvalue weighted by molar-refractivity contribution is -0.139.